The Morgan fingerprint density at radius 2 is 1.84 bits per heavy atom. The van der Waals surface area contributed by atoms with E-state index in [-0.39, 0.29) is 30.3 Å². The van der Waals surface area contributed by atoms with Crippen molar-refractivity contribution in [1.29, 1.82) is 0 Å². The maximum atomic E-state index is 12.6. The number of carbonyl (C=O) groups is 1. The molecule has 0 radical (unpaired) electrons. The molecule has 164 valence electrons. The van der Waals surface area contributed by atoms with Gasteiger partial charge in [-0.3, -0.25) is 4.79 Å². The Morgan fingerprint density at radius 3 is 2.45 bits per heavy atom. The first-order valence-electron chi connectivity index (χ1n) is 9.23. The van der Waals surface area contributed by atoms with Crippen molar-refractivity contribution < 1.29 is 32.5 Å². The van der Waals surface area contributed by atoms with E-state index in [0.29, 0.717) is 0 Å². The number of carbonyl (C=O) groups excluding carboxylic acids is 1. The molecule has 3 rings (SSSR count). The average molecular weight is 435 g/mol. The molecule has 0 aliphatic rings. The van der Waals surface area contributed by atoms with Crippen LogP contribution < -0.4 is 14.8 Å². The Bertz CT molecular complexity index is 1000. The van der Waals surface area contributed by atoms with Crippen LogP contribution in [-0.4, -0.2) is 47.2 Å². The molecule has 0 saturated heterocycles. The van der Waals surface area contributed by atoms with E-state index in [1.165, 1.54) is 11.8 Å². The highest BCUT2D eigenvalue weighted by atomic mass is 19.4. The van der Waals surface area contributed by atoms with Crippen LogP contribution in [0.15, 0.2) is 60.8 Å². The number of para-hydroxylation sites is 1. The van der Waals surface area contributed by atoms with Crippen LogP contribution >= 0.6 is 0 Å². The molecule has 0 fully saturated rings. The van der Waals surface area contributed by atoms with E-state index in [4.69, 9.17) is 9.47 Å². The first kappa shape index (κ1) is 22.2. The Labute approximate surface area is 176 Å². The van der Waals surface area contributed by atoms with Gasteiger partial charge in [0.05, 0.1) is 24.6 Å². The van der Waals surface area contributed by atoms with Crippen LogP contribution in [0.25, 0.3) is 5.69 Å². The summed E-state index contributed by atoms with van der Waals surface area (Å²) in [5.74, 6) is -0.126. The molecule has 31 heavy (non-hydrogen) atoms. The van der Waals surface area contributed by atoms with Crippen molar-refractivity contribution in [3.63, 3.8) is 0 Å². The van der Waals surface area contributed by atoms with Crippen LogP contribution in [0, 0.1) is 0 Å². The molecule has 3 aromatic rings. The van der Waals surface area contributed by atoms with Gasteiger partial charge in [-0.05, 0) is 36.4 Å². The molecule has 0 aliphatic carbocycles. The number of nitrogens with zero attached hydrogens (tertiary/aromatic N) is 2. The predicted octanol–water partition coefficient (Wildman–Crippen LogP) is 3.07. The minimum absolute atomic E-state index is 0.0437. The Balaban J connectivity index is 1.54. The highest BCUT2D eigenvalue weighted by Gasteiger charge is 2.30. The lowest BCUT2D eigenvalue weighted by atomic mass is 10.2. The van der Waals surface area contributed by atoms with Crippen molar-refractivity contribution in [3.8, 4) is 17.2 Å². The molecular weight excluding hydrogens is 415 g/mol. The third kappa shape index (κ3) is 5.76. The van der Waals surface area contributed by atoms with E-state index in [1.807, 2.05) is 30.3 Å². The topological polar surface area (TPSA) is 85.6 Å². The number of rotatable bonds is 8. The standard InChI is InChI=1S/C21H20F3N3O4/c1-30-18-12-27(15-5-3-2-4-6-15)26-19(18)20(29)25-11-16(28)13-31-17-9-7-14(8-10-17)21(22,23)24/h2-10,12,16,28H,11,13H2,1H3,(H,25,29). The average Bonchev–Trinajstić information content (AvgIpc) is 3.21. The van der Waals surface area contributed by atoms with Gasteiger partial charge in [0.2, 0.25) is 0 Å². The fraction of sp³-hybridized carbons (Fsp3) is 0.238. The Kier molecular flexibility index (Phi) is 6.81. The van der Waals surface area contributed by atoms with E-state index < -0.39 is 23.8 Å². The van der Waals surface area contributed by atoms with Gasteiger partial charge in [0.25, 0.3) is 5.91 Å². The number of hydrogen-bond acceptors (Lipinski definition) is 5. The lowest BCUT2D eigenvalue weighted by Gasteiger charge is -2.14. The summed E-state index contributed by atoms with van der Waals surface area (Å²) in [5, 5.41) is 16.8. The fourth-order valence-corrected chi connectivity index (χ4v) is 2.66. The Hall–Kier alpha value is -3.53. The van der Waals surface area contributed by atoms with E-state index >= 15 is 0 Å². The monoisotopic (exact) mass is 435 g/mol. The number of methoxy groups -OCH3 is 1. The van der Waals surface area contributed by atoms with E-state index in [2.05, 4.69) is 10.4 Å². The summed E-state index contributed by atoms with van der Waals surface area (Å²) >= 11 is 0. The first-order chi connectivity index (χ1) is 14.8. The molecule has 1 unspecified atom stereocenters. The van der Waals surface area contributed by atoms with Gasteiger partial charge in [0.1, 0.15) is 18.5 Å². The van der Waals surface area contributed by atoms with Gasteiger partial charge >= 0.3 is 6.18 Å². The van der Waals surface area contributed by atoms with Gasteiger partial charge in [-0.2, -0.15) is 18.3 Å². The maximum Gasteiger partial charge on any atom is 0.416 e. The molecule has 2 N–H and O–H groups in total. The summed E-state index contributed by atoms with van der Waals surface area (Å²) in [7, 11) is 1.41. The highest BCUT2D eigenvalue weighted by Crippen LogP contribution is 2.30. The molecule has 10 heteroatoms. The van der Waals surface area contributed by atoms with Crippen LogP contribution in [-0.2, 0) is 6.18 Å². The molecule has 1 atom stereocenters. The van der Waals surface area contributed by atoms with Gasteiger partial charge < -0.3 is 19.9 Å². The Morgan fingerprint density at radius 1 is 1.16 bits per heavy atom. The third-order valence-corrected chi connectivity index (χ3v) is 4.26. The molecular formula is C21H20F3N3O4. The molecule has 2 aromatic carbocycles. The molecule has 0 bridgehead atoms. The molecule has 1 amide bonds. The van der Waals surface area contributed by atoms with Crippen molar-refractivity contribution in [2.45, 2.75) is 12.3 Å². The van der Waals surface area contributed by atoms with Gasteiger partial charge in [-0.1, -0.05) is 18.2 Å². The number of aliphatic hydroxyl groups is 1. The number of alkyl halides is 3. The second-order valence-corrected chi connectivity index (χ2v) is 6.52. The van der Waals surface area contributed by atoms with Crippen LogP contribution in [0.3, 0.4) is 0 Å². The second kappa shape index (κ2) is 9.52. The largest absolute Gasteiger partial charge is 0.493 e. The van der Waals surface area contributed by atoms with Crippen molar-refractivity contribution in [3.05, 3.63) is 72.1 Å². The molecule has 0 saturated carbocycles. The van der Waals surface area contributed by atoms with Gasteiger partial charge in [0, 0.05) is 6.54 Å². The number of halogens is 3. The van der Waals surface area contributed by atoms with Crippen LogP contribution in [0.4, 0.5) is 13.2 Å². The van der Waals surface area contributed by atoms with E-state index in [1.54, 1.807) is 6.20 Å². The number of aromatic nitrogens is 2. The summed E-state index contributed by atoms with van der Waals surface area (Å²) in [6.07, 6.45) is -3.96. The zero-order chi connectivity index (χ0) is 22.4. The second-order valence-electron chi connectivity index (χ2n) is 6.52. The summed E-state index contributed by atoms with van der Waals surface area (Å²) in [6.45, 7) is -0.373. The van der Waals surface area contributed by atoms with Crippen molar-refractivity contribution in [2.75, 3.05) is 20.3 Å². The molecule has 1 heterocycles. The summed E-state index contributed by atoms with van der Waals surface area (Å²) in [4.78, 5) is 12.5. The van der Waals surface area contributed by atoms with Crippen LogP contribution in [0.2, 0.25) is 0 Å². The van der Waals surface area contributed by atoms with Gasteiger partial charge in [0.15, 0.2) is 11.4 Å². The summed E-state index contributed by atoms with van der Waals surface area (Å²) < 4.78 is 49.7. The van der Waals surface area contributed by atoms with Crippen molar-refractivity contribution in [2.24, 2.45) is 0 Å². The number of nitrogens with one attached hydrogen (secondary N) is 1. The lowest BCUT2D eigenvalue weighted by Crippen LogP contribution is -2.35. The predicted molar refractivity (Wildman–Crippen MR) is 105 cm³/mol. The number of hydrogen-bond donors (Lipinski definition) is 2. The number of amides is 1. The SMILES string of the molecule is COc1cn(-c2ccccc2)nc1C(=O)NCC(O)COc1ccc(C(F)(F)F)cc1. The van der Waals surface area contributed by atoms with Crippen molar-refractivity contribution in [1.82, 2.24) is 15.1 Å². The quantitative estimate of drug-likeness (QED) is 0.568. The third-order valence-electron chi connectivity index (χ3n) is 4.26. The number of ether oxygens (including phenoxy) is 2. The van der Waals surface area contributed by atoms with Crippen LogP contribution in [0.5, 0.6) is 11.5 Å². The number of aliphatic hydroxyl groups excluding tert-OH is 1. The minimum atomic E-state index is -4.43. The maximum absolute atomic E-state index is 12.6. The van der Waals surface area contributed by atoms with E-state index in [9.17, 15) is 23.1 Å². The van der Waals surface area contributed by atoms with Crippen molar-refractivity contribution >= 4 is 5.91 Å². The first-order valence-corrected chi connectivity index (χ1v) is 9.23. The number of benzene rings is 2. The normalized spacial score (nSPS) is 12.3. The molecule has 0 aliphatic heterocycles. The summed E-state index contributed by atoms with van der Waals surface area (Å²) in [6, 6.07) is 13.2. The van der Waals surface area contributed by atoms with Crippen LogP contribution in [0.1, 0.15) is 16.1 Å². The minimum Gasteiger partial charge on any atom is -0.493 e. The van der Waals surface area contributed by atoms with Gasteiger partial charge in [-0.15, -0.1) is 0 Å². The molecule has 7 nitrogen and oxygen atoms in total. The van der Waals surface area contributed by atoms with E-state index in [0.717, 1.165) is 30.0 Å². The fourth-order valence-electron chi connectivity index (χ4n) is 2.66. The van der Waals surface area contributed by atoms with Gasteiger partial charge in [-0.25, -0.2) is 4.68 Å². The zero-order valence-corrected chi connectivity index (χ0v) is 16.5. The molecule has 1 aromatic heterocycles. The summed E-state index contributed by atoms with van der Waals surface area (Å²) in [5.41, 5.74) is -0.0106. The lowest BCUT2D eigenvalue weighted by molar-refractivity contribution is -0.137. The zero-order valence-electron chi connectivity index (χ0n) is 16.5. The highest BCUT2D eigenvalue weighted by molar-refractivity contribution is 5.95. The smallest absolute Gasteiger partial charge is 0.416 e. The molecule has 0 spiro atoms.